The highest BCUT2D eigenvalue weighted by molar-refractivity contribution is 5.81. The van der Waals surface area contributed by atoms with Crippen molar-refractivity contribution in [3.05, 3.63) is 0 Å². The van der Waals surface area contributed by atoms with Gasteiger partial charge in [-0.2, -0.15) is 0 Å². The molecule has 0 bridgehead atoms. The quantitative estimate of drug-likeness (QED) is 0.569. The van der Waals surface area contributed by atoms with Crippen molar-refractivity contribution in [2.45, 2.75) is 12.8 Å². The van der Waals surface area contributed by atoms with Gasteiger partial charge in [-0.3, -0.25) is 9.69 Å². The number of Topliss-reactive ketones (excluding diaryl/α,β-unsaturated/α-hetero) is 1. The fraction of sp³-hybridized carbons (Fsp3) is 0.857. The molecule has 0 aromatic rings. The van der Waals surface area contributed by atoms with Gasteiger partial charge in [0.05, 0.1) is 6.54 Å². The molecule has 0 saturated carbocycles. The maximum atomic E-state index is 12.1. The van der Waals surface area contributed by atoms with Crippen LogP contribution in [0.1, 0.15) is 6.42 Å². The lowest BCUT2D eigenvalue weighted by Crippen LogP contribution is -2.40. The van der Waals surface area contributed by atoms with Gasteiger partial charge in [0.25, 0.3) is 0 Å². The van der Waals surface area contributed by atoms with Crippen LogP contribution in [0.4, 0.5) is 8.78 Å². The minimum absolute atomic E-state index is 0.0437. The number of rotatable bonds is 1. The Hall–Kier alpha value is -0.510. The zero-order chi connectivity index (χ0) is 8.43. The summed E-state index contributed by atoms with van der Waals surface area (Å²) in [5, 5.41) is 0. The Kier molecular flexibility index (Phi) is 2.54. The molecule has 1 rings (SSSR count). The SMILES string of the molecule is CN1CC(=O)C[C@H](C(F)F)C1. The Bertz CT molecular complexity index is 161. The number of ketones is 1. The summed E-state index contributed by atoms with van der Waals surface area (Å²) in [7, 11) is 1.69. The van der Waals surface area contributed by atoms with Crippen molar-refractivity contribution in [1.82, 2.24) is 4.90 Å². The van der Waals surface area contributed by atoms with Gasteiger partial charge in [0.2, 0.25) is 6.43 Å². The van der Waals surface area contributed by atoms with Gasteiger partial charge in [-0.15, -0.1) is 0 Å². The summed E-state index contributed by atoms with van der Waals surface area (Å²) in [6.45, 7) is 0.659. The van der Waals surface area contributed by atoms with Gasteiger partial charge in [0.15, 0.2) is 0 Å². The molecule has 1 heterocycles. The molecule has 1 fully saturated rings. The van der Waals surface area contributed by atoms with E-state index < -0.39 is 12.3 Å². The number of piperidine rings is 1. The summed E-state index contributed by atoms with van der Waals surface area (Å²) >= 11 is 0. The van der Waals surface area contributed by atoms with Crippen LogP contribution in [-0.4, -0.2) is 37.2 Å². The molecule has 11 heavy (non-hydrogen) atoms. The van der Waals surface area contributed by atoms with E-state index in [9.17, 15) is 13.6 Å². The third-order valence-electron chi connectivity index (χ3n) is 1.84. The van der Waals surface area contributed by atoms with E-state index in [1.807, 2.05) is 0 Å². The molecule has 0 aromatic heterocycles. The highest BCUT2D eigenvalue weighted by atomic mass is 19.3. The summed E-state index contributed by atoms with van der Waals surface area (Å²) in [4.78, 5) is 12.5. The van der Waals surface area contributed by atoms with E-state index in [1.54, 1.807) is 11.9 Å². The number of carbonyl (C=O) groups is 1. The molecular weight excluding hydrogens is 152 g/mol. The first-order valence-electron chi connectivity index (χ1n) is 3.58. The van der Waals surface area contributed by atoms with Crippen LogP contribution in [0.3, 0.4) is 0 Å². The number of hydrogen-bond acceptors (Lipinski definition) is 2. The van der Waals surface area contributed by atoms with Crippen LogP contribution in [0, 0.1) is 5.92 Å². The van der Waals surface area contributed by atoms with E-state index in [2.05, 4.69) is 0 Å². The number of carbonyl (C=O) groups excluding carboxylic acids is 1. The number of likely N-dealkylation sites (N-methyl/N-ethyl adjacent to an activating group) is 1. The van der Waals surface area contributed by atoms with Crippen molar-refractivity contribution in [3.8, 4) is 0 Å². The van der Waals surface area contributed by atoms with Crippen LogP contribution in [0.2, 0.25) is 0 Å². The van der Waals surface area contributed by atoms with Gasteiger partial charge in [0, 0.05) is 18.9 Å². The van der Waals surface area contributed by atoms with Crippen molar-refractivity contribution in [2.24, 2.45) is 5.92 Å². The lowest BCUT2D eigenvalue weighted by molar-refractivity contribution is -0.125. The average molecular weight is 163 g/mol. The van der Waals surface area contributed by atoms with Crippen LogP contribution in [0.15, 0.2) is 0 Å². The van der Waals surface area contributed by atoms with Crippen molar-refractivity contribution >= 4 is 5.78 Å². The Labute approximate surface area is 64.2 Å². The third kappa shape index (κ3) is 2.22. The monoisotopic (exact) mass is 163 g/mol. The van der Waals surface area contributed by atoms with Crippen molar-refractivity contribution < 1.29 is 13.6 Å². The molecule has 1 atom stereocenters. The molecule has 0 spiro atoms. The number of hydrogen-bond donors (Lipinski definition) is 0. The number of halogens is 2. The first-order valence-corrected chi connectivity index (χ1v) is 3.58. The van der Waals surface area contributed by atoms with Gasteiger partial charge in [0.1, 0.15) is 5.78 Å². The standard InChI is InChI=1S/C7H11F2NO/c1-10-3-5(7(8)9)2-6(11)4-10/h5,7H,2-4H2,1H3/t5-/m0/s1. The van der Waals surface area contributed by atoms with Crippen LogP contribution >= 0.6 is 0 Å². The lowest BCUT2D eigenvalue weighted by atomic mass is 9.98. The van der Waals surface area contributed by atoms with Gasteiger partial charge >= 0.3 is 0 Å². The van der Waals surface area contributed by atoms with Crippen LogP contribution in [0.25, 0.3) is 0 Å². The Morgan fingerprint density at radius 2 is 2.27 bits per heavy atom. The van der Waals surface area contributed by atoms with Crippen LogP contribution in [0.5, 0.6) is 0 Å². The number of likely N-dealkylation sites (tertiary alicyclic amines) is 1. The second-order valence-electron chi connectivity index (χ2n) is 3.03. The molecule has 2 nitrogen and oxygen atoms in total. The molecule has 0 aromatic carbocycles. The van der Waals surface area contributed by atoms with Crippen molar-refractivity contribution in [1.29, 1.82) is 0 Å². The van der Waals surface area contributed by atoms with Gasteiger partial charge in [-0.25, -0.2) is 8.78 Å². The summed E-state index contributed by atoms with van der Waals surface area (Å²) in [5.41, 5.74) is 0. The fourth-order valence-corrected chi connectivity index (χ4v) is 1.36. The predicted molar refractivity (Wildman–Crippen MR) is 36.6 cm³/mol. The van der Waals surface area contributed by atoms with Gasteiger partial charge in [-0.05, 0) is 7.05 Å². The molecule has 1 saturated heterocycles. The molecule has 0 amide bonds. The van der Waals surface area contributed by atoms with Crippen LogP contribution < -0.4 is 0 Å². The van der Waals surface area contributed by atoms with Gasteiger partial charge < -0.3 is 0 Å². The number of nitrogens with zero attached hydrogens (tertiary/aromatic N) is 1. The van der Waals surface area contributed by atoms with Crippen molar-refractivity contribution in [2.75, 3.05) is 20.1 Å². The first-order chi connectivity index (χ1) is 5.09. The molecule has 1 aliphatic heterocycles. The lowest BCUT2D eigenvalue weighted by Gasteiger charge is -2.27. The van der Waals surface area contributed by atoms with Crippen LogP contribution in [-0.2, 0) is 4.79 Å². The summed E-state index contributed by atoms with van der Waals surface area (Å²) in [5.74, 6) is -0.828. The Balaban J connectivity index is 2.49. The number of alkyl halides is 2. The topological polar surface area (TPSA) is 20.3 Å². The third-order valence-corrected chi connectivity index (χ3v) is 1.84. The second kappa shape index (κ2) is 3.26. The molecule has 0 aliphatic carbocycles. The minimum Gasteiger partial charge on any atom is -0.299 e. The molecule has 0 radical (unpaired) electrons. The minimum atomic E-state index is -2.36. The maximum Gasteiger partial charge on any atom is 0.243 e. The normalized spacial score (nSPS) is 28.0. The molecule has 1 aliphatic rings. The molecule has 0 N–H and O–H groups in total. The molecule has 64 valence electrons. The highest BCUT2D eigenvalue weighted by Crippen LogP contribution is 2.19. The smallest absolute Gasteiger partial charge is 0.243 e. The van der Waals surface area contributed by atoms with E-state index in [1.165, 1.54) is 0 Å². The molecule has 0 unspecified atom stereocenters. The summed E-state index contributed by atoms with van der Waals surface area (Å²) in [6.07, 6.45) is -2.32. The van der Waals surface area contributed by atoms with Crippen molar-refractivity contribution in [3.63, 3.8) is 0 Å². The zero-order valence-corrected chi connectivity index (χ0v) is 6.39. The zero-order valence-electron chi connectivity index (χ0n) is 6.39. The molecule has 4 heteroatoms. The van der Waals surface area contributed by atoms with E-state index in [-0.39, 0.29) is 12.2 Å². The largest absolute Gasteiger partial charge is 0.299 e. The van der Waals surface area contributed by atoms with E-state index >= 15 is 0 Å². The highest BCUT2D eigenvalue weighted by Gasteiger charge is 2.29. The van der Waals surface area contributed by atoms with E-state index in [4.69, 9.17) is 0 Å². The second-order valence-corrected chi connectivity index (χ2v) is 3.03. The molecular formula is C7H11F2NO. The Morgan fingerprint density at radius 1 is 1.64 bits per heavy atom. The summed E-state index contributed by atoms with van der Waals surface area (Å²) in [6, 6.07) is 0. The van der Waals surface area contributed by atoms with E-state index in [0.29, 0.717) is 13.1 Å². The first kappa shape index (κ1) is 8.59. The summed E-state index contributed by atoms with van der Waals surface area (Å²) < 4.78 is 24.2. The maximum absolute atomic E-state index is 12.1. The fourth-order valence-electron chi connectivity index (χ4n) is 1.36. The predicted octanol–water partition coefficient (Wildman–Crippen LogP) is 0.772. The van der Waals surface area contributed by atoms with Gasteiger partial charge in [-0.1, -0.05) is 0 Å². The van der Waals surface area contributed by atoms with E-state index in [0.717, 1.165) is 0 Å². The Morgan fingerprint density at radius 3 is 2.73 bits per heavy atom. The average Bonchev–Trinajstić information content (AvgIpc) is 1.85.